The zero-order valence-corrected chi connectivity index (χ0v) is 13.6. The van der Waals surface area contributed by atoms with Gasteiger partial charge in [0.2, 0.25) is 0 Å². The van der Waals surface area contributed by atoms with Crippen LogP contribution in [0.2, 0.25) is 0 Å². The number of benzene rings is 1. The van der Waals surface area contributed by atoms with Crippen LogP contribution >= 0.6 is 0 Å². The fourth-order valence-electron chi connectivity index (χ4n) is 4.25. The van der Waals surface area contributed by atoms with Crippen LogP contribution in [0.1, 0.15) is 56.7 Å². The van der Waals surface area contributed by atoms with Crippen LogP contribution in [0.4, 0.5) is 0 Å². The van der Waals surface area contributed by atoms with Gasteiger partial charge >= 0.3 is 0 Å². The molecule has 1 N–H and O–H groups in total. The Kier molecular flexibility index (Phi) is 5.22. The van der Waals surface area contributed by atoms with Gasteiger partial charge in [0, 0.05) is 5.54 Å². The highest BCUT2D eigenvalue weighted by molar-refractivity contribution is 5.32. The van der Waals surface area contributed by atoms with Crippen LogP contribution in [0.15, 0.2) is 24.3 Å². The van der Waals surface area contributed by atoms with E-state index in [-0.39, 0.29) is 0 Å². The second kappa shape index (κ2) is 6.73. The summed E-state index contributed by atoms with van der Waals surface area (Å²) >= 11 is 0. The van der Waals surface area contributed by atoms with Gasteiger partial charge in [-0.3, -0.25) is 4.90 Å². The molecule has 1 saturated carbocycles. The fraction of sp³-hybridized carbons (Fsp3) is 0.667. The van der Waals surface area contributed by atoms with Crippen molar-refractivity contribution in [3.63, 3.8) is 0 Å². The van der Waals surface area contributed by atoms with Gasteiger partial charge in [0.15, 0.2) is 0 Å². The second-order valence-corrected chi connectivity index (χ2v) is 6.06. The van der Waals surface area contributed by atoms with E-state index in [9.17, 15) is 0 Å². The summed E-state index contributed by atoms with van der Waals surface area (Å²) < 4.78 is 0. The lowest BCUT2D eigenvalue weighted by Gasteiger charge is -2.47. The normalized spacial score (nSPS) is 19.4. The van der Waals surface area contributed by atoms with Crippen LogP contribution in [0.3, 0.4) is 0 Å². The lowest BCUT2D eigenvalue weighted by atomic mass is 9.80. The molecule has 112 valence electrons. The highest BCUT2D eigenvalue weighted by atomic mass is 15.2. The van der Waals surface area contributed by atoms with Crippen molar-refractivity contribution in [2.24, 2.45) is 0 Å². The molecule has 0 radical (unpaired) electrons. The Morgan fingerprint density at radius 1 is 1.15 bits per heavy atom. The van der Waals surface area contributed by atoms with E-state index in [4.69, 9.17) is 0 Å². The maximum Gasteiger partial charge on any atom is 0.0507 e. The highest BCUT2D eigenvalue weighted by Gasteiger charge is 2.45. The fourth-order valence-corrected chi connectivity index (χ4v) is 4.25. The highest BCUT2D eigenvalue weighted by Crippen LogP contribution is 2.44. The Labute approximate surface area is 124 Å². The molecule has 1 aliphatic carbocycles. The number of nitrogens with one attached hydrogen (secondary N) is 1. The lowest BCUT2D eigenvalue weighted by molar-refractivity contribution is 0.0653. The van der Waals surface area contributed by atoms with E-state index in [1.807, 2.05) is 0 Å². The van der Waals surface area contributed by atoms with E-state index in [0.29, 0.717) is 11.6 Å². The molecule has 20 heavy (non-hydrogen) atoms. The van der Waals surface area contributed by atoms with Crippen LogP contribution in [-0.2, 0) is 0 Å². The summed E-state index contributed by atoms with van der Waals surface area (Å²) in [5, 5.41) is 3.65. The van der Waals surface area contributed by atoms with E-state index in [1.54, 1.807) is 0 Å². The molecule has 0 saturated heterocycles. The number of aryl methyl sites for hydroxylation is 1. The quantitative estimate of drug-likeness (QED) is 0.846. The Balaban J connectivity index is 2.43. The SMILES string of the molecule is CCN(CC)C1(C(NC)c2ccccc2C)CCCC1. The van der Waals surface area contributed by atoms with E-state index < -0.39 is 0 Å². The number of likely N-dealkylation sites (N-methyl/N-ethyl adjacent to an activating group) is 2. The molecule has 0 aliphatic heterocycles. The molecule has 1 aromatic rings. The predicted octanol–water partition coefficient (Wildman–Crippen LogP) is 3.91. The maximum atomic E-state index is 3.65. The number of nitrogens with zero attached hydrogens (tertiary/aromatic N) is 1. The van der Waals surface area contributed by atoms with Crippen molar-refractivity contribution in [3.8, 4) is 0 Å². The van der Waals surface area contributed by atoms with Crippen LogP contribution < -0.4 is 5.32 Å². The average molecular weight is 274 g/mol. The summed E-state index contributed by atoms with van der Waals surface area (Å²) in [6.45, 7) is 9.12. The van der Waals surface area contributed by atoms with Gasteiger partial charge in [0.05, 0.1) is 6.04 Å². The summed E-state index contributed by atoms with van der Waals surface area (Å²) in [5.41, 5.74) is 3.18. The summed E-state index contributed by atoms with van der Waals surface area (Å²) in [6.07, 6.45) is 5.35. The predicted molar refractivity (Wildman–Crippen MR) is 87.1 cm³/mol. The molecular formula is C18H30N2. The molecule has 1 fully saturated rings. The average Bonchev–Trinajstić information content (AvgIpc) is 2.93. The number of hydrogen-bond donors (Lipinski definition) is 1. The molecule has 0 spiro atoms. The molecule has 2 heteroatoms. The van der Waals surface area contributed by atoms with Crippen molar-refractivity contribution in [2.75, 3.05) is 20.1 Å². The molecule has 0 heterocycles. The van der Waals surface area contributed by atoms with Gasteiger partial charge in [-0.25, -0.2) is 0 Å². The summed E-state index contributed by atoms with van der Waals surface area (Å²) in [7, 11) is 2.13. The van der Waals surface area contributed by atoms with Gasteiger partial charge in [-0.1, -0.05) is 51.0 Å². The Hall–Kier alpha value is -0.860. The van der Waals surface area contributed by atoms with E-state index in [2.05, 4.69) is 62.3 Å². The minimum Gasteiger partial charge on any atom is -0.311 e. The van der Waals surface area contributed by atoms with Gasteiger partial charge in [0.1, 0.15) is 0 Å². The minimum absolute atomic E-state index is 0.296. The smallest absolute Gasteiger partial charge is 0.0507 e. The van der Waals surface area contributed by atoms with Crippen molar-refractivity contribution in [1.82, 2.24) is 10.2 Å². The topological polar surface area (TPSA) is 15.3 Å². The molecule has 0 aromatic heterocycles. The summed E-state index contributed by atoms with van der Waals surface area (Å²) in [4.78, 5) is 2.69. The van der Waals surface area contributed by atoms with Crippen LogP contribution in [0.5, 0.6) is 0 Å². The van der Waals surface area contributed by atoms with E-state index >= 15 is 0 Å². The van der Waals surface area contributed by atoms with Crippen LogP contribution in [0.25, 0.3) is 0 Å². The first kappa shape index (κ1) is 15.5. The number of rotatable bonds is 6. The zero-order valence-electron chi connectivity index (χ0n) is 13.6. The number of hydrogen-bond acceptors (Lipinski definition) is 2. The molecular weight excluding hydrogens is 244 g/mol. The third kappa shape index (κ3) is 2.64. The molecule has 0 bridgehead atoms. The Bertz CT molecular complexity index is 417. The first-order valence-corrected chi connectivity index (χ1v) is 8.17. The third-order valence-corrected chi connectivity index (χ3v) is 5.19. The first-order valence-electron chi connectivity index (χ1n) is 8.17. The molecule has 1 unspecified atom stereocenters. The first-order chi connectivity index (χ1) is 9.69. The van der Waals surface area contributed by atoms with Crippen LogP contribution in [0, 0.1) is 6.92 Å². The largest absolute Gasteiger partial charge is 0.311 e. The van der Waals surface area contributed by atoms with E-state index in [1.165, 1.54) is 36.8 Å². The Morgan fingerprint density at radius 2 is 1.75 bits per heavy atom. The van der Waals surface area contributed by atoms with Gasteiger partial charge < -0.3 is 5.32 Å². The van der Waals surface area contributed by atoms with Crippen LogP contribution in [-0.4, -0.2) is 30.6 Å². The molecule has 0 amide bonds. The summed E-state index contributed by atoms with van der Waals surface area (Å²) in [5.74, 6) is 0. The maximum absolute atomic E-state index is 3.65. The summed E-state index contributed by atoms with van der Waals surface area (Å²) in [6, 6.07) is 9.30. The van der Waals surface area contributed by atoms with E-state index in [0.717, 1.165) is 13.1 Å². The molecule has 1 aliphatic rings. The molecule has 1 atom stereocenters. The van der Waals surface area contributed by atoms with Crippen molar-refractivity contribution in [1.29, 1.82) is 0 Å². The van der Waals surface area contributed by atoms with Gasteiger partial charge in [-0.15, -0.1) is 0 Å². The standard InChI is InChI=1S/C18H30N2/c1-5-20(6-2)18(13-9-10-14-18)17(19-4)16-12-8-7-11-15(16)3/h7-8,11-12,17,19H,5-6,9-10,13-14H2,1-4H3. The van der Waals surface area contributed by atoms with Gasteiger partial charge in [0.25, 0.3) is 0 Å². The monoisotopic (exact) mass is 274 g/mol. The zero-order chi connectivity index (χ0) is 14.6. The third-order valence-electron chi connectivity index (χ3n) is 5.19. The molecule has 2 nitrogen and oxygen atoms in total. The molecule has 2 rings (SSSR count). The lowest BCUT2D eigenvalue weighted by Crippen LogP contribution is -2.54. The van der Waals surface area contributed by atoms with Crippen molar-refractivity contribution in [2.45, 2.75) is 58.0 Å². The second-order valence-electron chi connectivity index (χ2n) is 6.06. The molecule has 1 aromatic carbocycles. The Morgan fingerprint density at radius 3 is 2.25 bits per heavy atom. The minimum atomic E-state index is 0.296. The van der Waals surface area contributed by atoms with Crippen molar-refractivity contribution < 1.29 is 0 Å². The van der Waals surface area contributed by atoms with Crippen molar-refractivity contribution >= 4 is 0 Å². The van der Waals surface area contributed by atoms with Gasteiger partial charge in [-0.05, 0) is 51.0 Å². The van der Waals surface area contributed by atoms with Crippen molar-refractivity contribution in [3.05, 3.63) is 35.4 Å². The van der Waals surface area contributed by atoms with Gasteiger partial charge in [-0.2, -0.15) is 0 Å².